The summed E-state index contributed by atoms with van der Waals surface area (Å²) in [4.78, 5) is 39.8. The Labute approximate surface area is 232 Å². The molecule has 41 heavy (non-hydrogen) atoms. The number of nitrogens with zero attached hydrogens (tertiary/aromatic N) is 1. The van der Waals surface area contributed by atoms with Crippen LogP contribution < -0.4 is 4.74 Å². The van der Waals surface area contributed by atoms with Crippen molar-refractivity contribution in [3.63, 3.8) is 0 Å². The third kappa shape index (κ3) is 4.49. The van der Waals surface area contributed by atoms with Crippen LogP contribution in [0.25, 0.3) is 0 Å². The van der Waals surface area contributed by atoms with Gasteiger partial charge in [0.15, 0.2) is 17.9 Å². The number of hydrogen-bond donors (Lipinski definition) is 7. The standard InChI is InChI=1S/C27H29NO13/c1-10-22(31)13(28(37)38)6-17(40-10)41-15-8-27(36,16(30)9-29)7-12-19(15)26(35)21-20(24(12)33)23(32)11-4-3-5-14(39-2)18(11)25(21)34/h3-5,10,13,15,17,22,29,31,33,35-38H,6-9H2,1-2H3/t10?,13?,15-,17?,22?,27-/m0/s1. The second-order valence-corrected chi connectivity index (χ2v) is 10.4. The number of ketones is 3. The minimum Gasteiger partial charge on any atom is -0.507 e. The normalized spacial score (nSPS) is 29.1. The molecule has 0 aromatic heterocycles. The lowest BCUT2D eigenvalue weighted by atomic mass is 9.72. The monoisotopic (exact) mass is 575 g/mol. The Bertz CT molecular complexity index is 1440. The van der Waals surface area contributed by atoms with Crippen molar-refractivity contribution >= 4 is 17.3 Å². The number of Topliss-reactive ketones (excluding diaryl/α,β-unsaturated/α-hetero) is 1. The smallest absolute Gasteiger partial charge is 0.202 e. The highest BCUT2D eigenvalue weighted by molar-refractivity contribution is 6.31. The van der Waals surface area contributed by atoms with E-state index in [-0.39, 0.29) is 39.7 Å². The number of hydrogen-bond acceptors (Lipinski definition) is 14. The van der Waals surface area contributed by atoms with Crippen LogP contribution in [0.1, 0.15) is 68.8 Å². The van der Waals surface area contributed by atoms with Crippen LogP contribution in [0.2, 0.25) is 0 Å². The van der Waals surface area contributed by atoms with Crippen LogP contribution >= 0.6 is 0 Å². The molecule has 1 saturated heterocycles. The van der Waals surface area contributed by atoms with E-state index in [0.29, 0.717) is 0 Å². The van der Waals surface area contributed by atoms with Crippen LogP contribution in [0.15, 0.2) is 18.2 Å². The summed E-state index contributed by atoms with van der Waals surface area (Å²) in [6.45, 7) is 0.363. The zero-order chi connectivity index (χ0) is 30.0. The van der Waals surface area contributed by atoms with E-state index in [2.05, 4.69) is 0 Å². The number of aliphatic hydroxyl groups is 3. The van der Waals surface area contributed by atoms with Gasteiger partial charge in [-0.15, -0.1) is 0 Å². The minimum atomic E-state index is -2.33. The molecule has 0 spiro atoms. The number of aliphatic hydroxyl groups excluding tert-OH is 2. The van der Waals surface area contributed by atoms with Crippen LogP contribution in [0.3, 0.4) is 0 Å². The van der Waals surface area contributed by atoms with E-state index in [4.69, 9.17) is 14.2 Å². The number of carbonyl (C=O) groups excluding carboxylic acids is 3. The molecule has 4 unspecified atom stereocenters. The van der Waals surface area contributed by atoms with E-state index >= 15 is 0 Å². The van der Waals surface area contributed by atoms with E-state index in [0.717, 1.165) is 0 Å². The number of hydroxylamine groups is 2. The van der Waals surface area contributed by atoms with Crippen molar-refractivity contribution in [3.8, 4) is 17.2 Å². The first-order chi connectivity index (χ1) is 19.3. The van der Waals surface area contributed by atoms with Gasteiger partial charge in [0, 0.05) is 36.0 Å². The maximum Gasteiger partial charge on any atom is 0.202 e. The number of rotatable bonds is 6. The molecule has 6 atom stereocenters. The average Bonchev–Trinajstić information content (AvgIpc) is 2.94. The summed E-state index contributed by atoms with van der Waals surface area (Å²) in [7, 11) is 1.30. The number of benzene rings is 2. The van der Waals surface area contributed by atoms with Crippen LogP contribution in [0.4, 0.5) is 0 Å². The molecular weight excluding hydrogens is 546 g/mol. The maximum absolute atomic E-state index is 13.7. The SMILES string of the molecule is COc1cccc2c1C(=O)c1c(O)c3c(c(O)c1C2=O)C[C@@](O)(C(=O)CO)C[C@@H]3OC1CC(N(O)O)C(O)C(C)O1. The van der Waals surface area contributed by atoms with Crippen molar-refractivity contribution in [1.29, 1.82) is 0 Å². The predicted octanol–water partition coefficient (Wildman–Crippen LogP) is 0.123. The van der Waals surface area contributed by atoms with Gasteiger partial charge in [0.1, 0.15) is 35.6 Å². The van der Waals surface area contributed by atoms with Crippen molar-refractivity contribution in [3.05, 3.63) is 51.6 Å². The van der Waals surface area contributed by atoms with Gasteiger partial charge >= 0.3 is 0 Å². The molecule has 2 aromatic carbocycles. The van der Waals surface area contributed by atoms with Crippen LogP contribution in [0, 0.1) is 0 Å². The summed E-state index contributed by atoms with van der Waals surface area (Å²) in [5.41, 5.74) is -4.08. The Hall–Kier alpha value is -3.47. The van der Waals surface area contributed by atoms with Gasteiger partial charge in [0.2, 0.25) is 5.78 Å². The fraction of sp³-hybridized carbons (Fsp3) is 0.444. The van der Waals surface area contributed by atoms with Gasteiger partial charge in [-0.2, -0.15) is 0 Å². The number of fused-ring (bicyclic) bond motifs is 3. The summed E-state index contributed by atoms with van der Waals surface area (Å²) in [5, 5.41) is 72.9. The summed E-state index contributed by atoms with van der Waals surface area (Å²) >= 11 is 0. The number of ether oxygens (including phenoxy) is 3. The highest BCUT2D eigenvalue weighted by atomic mass is 16.8. The number of methoxy groups -OCH3 is 1. The lowest BCUT2D eigenvalue weighted by Gasteiger charge is -2.43. The van der Waals surface area contributed by atoms with Gasteiger partial charge in [-0.3, -0.25) is 24.8 Å². The van der Waals surface area contributed by atoms with Gasteiger partial charge in [-0.25, -0.2) is 0 Å². The Balaban J connectivity index is 1.67. The van der Waals surface area contributed by atoms with Gasteiger partial charge in [-0.05, 0) is 13.0 Å². The minimum absolute atomic E-state index is 0.0607. The van der Waals surface area contributed by atoms with E-state index in [9.17, 15) is 50.3 Å². The molecule has 7 N–H and O–H groups in total. The molecular formula is C27H29NO13. The first-order valence-electron chi connectivity index (χ1n) is 12.7. The zero-order valence-electron chi connectivity index (χ0n) is 22.0. The summed E-state index contributed by atoms with van der Waals surface area (Å²) in [5.74, 6) is -4.11. The van der Waals surface area contributed by atoms with E-state index < -0.39 is 95.7 Å². The van der Waals surface area contributed by atoms with Crippen molar-refractivity contribution in [1.82, 2.24) is 5.23 Å². The lowest BCUT2D eigenvalue weighted by Crippen LogP contribution is -2.54. The Morgan fingerprint density at radius 1 is 1.12 bits per heavy atom. The molecule has 2 aromatic rings. The second kappa shape index (κ2) is 10.4. The van der Waals surface area contributed by atoms with Crippen LogP contribution in [-0.4, -0.2) is 102 Å². The molecule has 2 aliphatic carbocycles. The Kier molecular flexibility index (Phi) is 7.38. The molecule has 220 valence electrons. The fourth-order valence-corrected chi connectivity index (χ4v) is 5.92. The Morgan fingerprint density at radius 2 is 1.80 bits per heavy atom. The molecule has 3 aliphatic rings. The number of phenolic OH excluding ortho intramolecular Hbond substituents is 2. The largest absolute Gasteiger partial charge is 0.507 e. The zero-order valence-corrected chi connectivity index (χ0v) is 22.0. The third-order valence-electron chi connectivity index (χ3n) is 8.03. The van der Waals surface area contributed by atoms with Crippen molar-refractivity contribution in [2.75, 3.05) is 13.7 Å². The van der Waals surface area contributed by atoms with Gasteiger partial charge < -0.3 is 39.7 Å². The first-order valence-corrected chi connectivity index (χ1v) is 12.7. The molecule has 14 nitrogen and oxygen atoms in total. The van der Waals surface area contributed by atoms with Gasteiger partial charge in [0.05, 0.1) is 42.0 Å². The van der Waals surface area contributed by atoms with E-state index in [1.165, 1.54) is 32.2 Å². The van der Waals surface area contributed by atoms with E-state index in [1.807, 2.05) is 0 Å². The molecule has 1 aliphatic heterocycles. The number of aromatic hydroxyl groups is 2. The van der Waals surface area contributed by atoms with Crippen molar-refractivity contribution < 1.29 is 64.5 Å². The molecule has 5 rings (SSSR count). The van der Waals surface area contributed by atoms with Crippen molar-refractivity contribution in [2.45, 2.75) is 62.4 Å². The topological polar surface area (TPSA) is 224 Å². The fourth-order valence-electron chi connectivity index (χ4n) is 5.92. The maximum atomic E-state index is 13.7. The lowest BCUT2D eigenvalue weighted by molar-refractivity contribution is -0.373. The summed E-state index contributed by atoms with van der Waals surface area (Å²) in [6.07, 6.45) is -6.62. The quantitative estimate of drug-likeness (QED) is 0.153. The number of phenols is 2. The molecule has 0 radical (unpaired) electrons. The first kappa shape index (κ1) is 29.0. The molecule has 1 heterocycles. The average molecular weight is 576 g/mol. The van der Waals surface area contributed by atoms with E-state index in [1.54, 1.807) is 0 Å². The van der Waals surface area contributed by atoms with Crippen LogP contribution in [0.5, 0.6) is 17.2 Å². The molecule has 0 amide bonds. The van der Waals surface area contributed by atoms with Crippen molar-refractivity contribution in [2.24, 2.45) is 0 Å². The molecule has 0 bridgehead atoms. The number of carbonyl (C=O) groups is 3. The third-order valence-corrected chi connectivity index (χ3v) is 8.03. The molecule has 0 saturated carbocycles. The summed E-state index contributed by atoms with van der Waals surface area (Å²) in [6, 6.07) is 3.01. The van der Waals surface area contributed by atoms with Gasteiger partial charge in [-0.1, -0.05) is 17.4 Å². The Morgan fingerprint density at radius 3 is 2.44 bits per heavy atom. The predicted molar refractivity (Wildman–Crippen MR) is 133 cm³/mol. The molecule has 14 heteroatoms. The second-order valence-electron chi connectivity index (χ2n) is 10.4. The molecule has 1 fully saturated rings. The van der Waals surface area contributed by atoms with Gasteiger partial charge in [0.25, 0.3) is 0 Å². The highest BCUT2D eigenvalue weighted by Gasteiger charge is 2.50. The summed E-state index contributed by atoms with van der Waals surface area (Å²) < 4.78 is 16.9. The highest BCUT2D eigenvalue weighted by Crippen LogP contribution is 2.52. The van der Waals surface area contributed by atoms with Crippen LogP contribution in [-0.2, 0) is 20.7 Å².